The SMILES string of the molecule is CC(C)(C)C1CCC(C(=O)O)(C2CS(=O)(=O)CC2O)CC1. The molecule has 2 rings (SSSR count). The number of carboxylic acid groups (broad SMARTS) is 1. The van der Waals surface area contributed by atoms with Crippen molar-refractivity contribution in [3.05, 3.63) is 0 Å². The van der Waals surface area contributed by atoms with Crippen LogP contribution in [-0.4, -0.2) is 42.2 Å². The van der Waals surface area contributed by atoms with Gasteiger partial charge in [0, 0.05) is 5.92 Å². The molecule has 1 saturated heterocycles. The lowest BCUT2D eigenvalue weighted by atomic mass is 9.59. The average molecular weight is 318 g/mol. The molecular weight excluding hydrogens is 292 g/mol. The molecule has 6 heteroatoms. The van der Waals surface area contributed by atoms with Gasteiger partial charge in [0.2, 0.25) is 0 Å². The molecule has 0 aromatic heterocycles. The molecule has 1 aliphatic carbocycles. The fourth-order valence-electron chi connectivity index (χ4n) is 4.10. The van der Waals surface area contributed by atoms with Crippen molar-refractivity contribution in [2.75, 3.05) is 11.5 Å². The molecule has 1 heterocycles. The van der Waals surface area contributed by atoms with Crippen LogP contribution >= 0.6 is 0 Å². The van der Waals surface area contributed by atoms with Gasteiger partial charge in [0.25, 0.3) is 0 Å². The summed E-state index contributed by atoms with van der Waals surface area (Å²) in [6.07, 6.45) is 1.43. The van der Waals surface area contributed by atoms with E-state index >= 15 is 0 Å². The van der Waals surface area contributed by atoms with E-state index in [-0.39, 0.29) is 16.9 Å². The van der Waals surface area contributed by atoms with Crippen LogP contribution in [0.2, 0.25) is 0 Å². The lowest BCUT2D eigenvalue weighted by molar-refractivity contribution is -0.159. The van der Waals surface area contributed by atoms with Gasteiger partial charge >= 0.3 is 5.97 Å². The van der Waals surface area contributed by atoms with Crippen molar-refractivity contribution in [1.29, 1.82) is 0 Å². The Balaban J connectivity index is 2.23. The molecule has 2 N–H and O–H groups in total. The average Bonchev–Trinajstić information content (AvgIpc) is 2.61. The Morgan fingerprint density at radius 3 is 2.00 bits per heavy atom. The molecule has 2 atom stereocenters. The minimum atomic E-state index is -3.32. The number of aliphatic hydroxyl groups is 1. The summed E-state index contributed by atoms with van der Waals surface area (Å²) in [6, 6.07) is 0. The van der Waals surface area contributed by atoms with E-state index in [0.717, 1.165) is 12.8 Å². The first-order chi connectivity index (χ1) is 9.48. The van der Waals surface area contributed by atoms with E-state index in [0.29, 0.717) is 18.8 Å². The molecule has 0 amide bonds. The van der Waals surface area contributed by atoms with E-state index in [1.165, 1.54) is 0 Å². The highest BCUT2D eigenvalue weighted by Gasteiger charge is 2.55. The van der Waals surface area contributed by atoms with Crippen LogP contribution < -0.4 is 0 Å². The third kappa shape index (κ3) is 3.11. The number of hydrogen-bond donors (Lipinski definition) is 2. The zero-order valence-electron chi connectivity index (χ0n) is 13.0. The smallest absolute Gasteiger partial charge is 0.310 e. The van der Waals surface area contributed by atoms with Gasteiger partial charge in [-0.3, -0.25) is 4.79 Å². The van der Waals surface area contributed by atoms with Crippen LogP contribution in [0.25, 0.3) is 0 Å². The highest BCUT2D eigenvalue weighted by molar-refractivity contribution is 7.91. The van der Waals surface area contributed by atoms with Gasteiger partial charge in [-0.25, -0.2) is 8.42 Å². The Hall–Kier alpha value is -0.620. The second-order valence-corrected chi connectivity index (χ2v) is 10.0. The van der Waals surface area contributed by atoms with Gasteiger partial charge in [0.1, 0.15) is 0 Å². The van der Waals surface area contributed by atoms with Crippen LogP contribution in [0.3, 0.4) is 0 Å². The van der Waals surface area contributed by atoms with Gasteiger partial charge in [-0.15, -0.1) is 0 Å². The molecule has 21 heavy (non-hydrogen) atoms. The van der Waals surface area contributed by atoms with Crippen molar-refractivity contribution in [1.82, 2.24) is 0 Å². The number of rotatable bonds is 2. The molecule has 1 aliphatic heterocycles. The summed E-state index contributed by atoms with van der Waals surface area (Å²) in [4.78, 5) is 11.9. The van der Waals surface area contributed by atoms with E-state index in [4.69, 9.17) is 0 Å². The van der Waals surface area contributed by atoms with Crippen LogP contribution in [0, 0.1) is 22.7 Å². The first kappa shape index (κ1) is 16.7. The Morgan fingerprint density at radius 1 is 1.14 bits per heavy atom. The Kier molecular flexibility index (Phi) is 4.17. The summed E-state index contributed by atoms with van der Waals surface area (Å²) in [5.41, 5.74) is -0.949. The van der Waals surface area contributed by atoms with Crippen molar-refractivity contribution < 1.29 is 23.4 Å². The quantitative estimate of drug-likeness (QED) is 0.808. The van der Waals surface area contributed by atoms with Crippen LogP contribution in [0.4, 0.5) is 0 Å². The maximum Gasteiger partial charge on any atom is 0.310 e. The number of hydrogen-bond acceptors (Lipinski definition) is 4. The topological polar surface area (TPSA) is 91.7 Å². The van der Waals surface area contributed by atoms with Crippen molar-refractivity contribution in [2.24, 2.45) is 22.7 Å². The van der Waals surface area contributed by atoms with E-state index in [1.54, 1.807) is 0 Å². The number of aliphatic hydroxyl groups excluding tert-OH is 1. The Morgan fingerprint density at radius 2 is 1.67 bits per heavy atom. The Bertz CT molecular complexity index is 509. The predicted octanol–water partition coefficient (Wildman–Crippen LogP) is 1.70. The van der Waals surface area contributed by atoms with Crippen LogP contribution in [0.5, 0.6) is 0 Å². The minimum absolute atomic E-state index is 0.130. The molecule has 0 spiro atoms. The first-order valence-corrected chi connectivity index (χ1v) is 9.42. The third-order valence-corrected chi connectivity index (χ3v) is 7.28. The van der Waals surface area contributed by atoms with E-state index < -0.39 is 33.2 Å². The zero-order chi connectivity index (χ0) is 16.1. The van der Waals surface area contributed by atoms with E-state index in [9.17, 15) is 23.4 Å². The summed E-state index contributed by atoms with van der Waals surface area (Å²) in [5.74, 6) is -1.66. The molecule has 5 nitrogen and oxygen atoms in total. The van der Waals surface area contributed by atoms with Crippen LogP contribution in [-0.2, 0) is 14.6 Å². The van der Waals surface area contributed by atoms with Crippen molar-refractivity contribution >= 4 is 15.8 Å². The number of carboxylic acids is 1. The molecule has 0 aromatic carbocycles. The number of sulfone groups is 1. The van der Waals surface area contributed by atoms with Gasteiger partial charge in [0.05, 0.1) is 23.0 Å². The largest absolute Gasteiger partial charge is 0.481 e. The number of aliphatic carboxylic acids is 1. The van der Waals surface area contributed by atoms with Gasteiger partial charge in [-0.2, -0.15) is 0 Å². The molecule has 0 radical (unpaired) electrons. The summed E-state index contributed by atoms with van der Waals surface area (Å²) in [5, 5.41) is 19.8. The second kappa shape index (κ2) is 5.23. The predicted molar refractivity (Wildman–Crippen MR) is 79.6 cm³/mol. The number of carbonyl (C=O) groups is 1. The van der Waals surface area contributed by atoms with Crippen molar-refractivity contribution in [3.8, 4) is 0 Å². The van der Waals surface area contributed by atoms with Crippen molar-refractivity contribution in [2.45, 2.75) is 52.6 Å². The summed E-state index contributed by atoms with van der Waals surface area (Å²) in [7, 11) is -3.32. The molecule has 2 unspecified atom stereocenters. The maximum atomic E-state index is 11.9. The van der Waals surface area contributed by atoms with Crippen LogP contribution in [0.1, 0.15) is 46.5 Å². The fraction of sp³-hybridized carbons (Fsp3) is 0.933. The normalized spacial score (nSPS) is 40.1. The Labute approximate surface area is 126 Å². The lowest BCUT2D eigenvalue weighted by Gasteiger charge is -2.45. The molecule has 122 valence electrons. The van der Waals surface area contributed by atoms with E-state index in [1.807, 2.05) is 0 Å². The first-order valence-electron chi connectivity index (χ1n) is 7.60. The standard InChI is InChI=1S/C15H26O5S/c1-14(2,3)10-4-6-15(7-5-10,13(17)18)11-8-21(19,20)9-12(11)16/h10-12,16H,4-9H2,1-3H3,(H,17,18). The highest BCUT2D eigenvalue weighted by atomic mass is 32.2. The third-order valence-electron chi connectivity index (χ3n) is 5.56. The molecule has 1 saturated carbocycles. The molecule has 2 aliphatic rings. The van der Waals surface area contributed by atoms with Gasteiger partial charge in [-0.1, -0.05) is 20.8 Å². The van der Waals surface area contributed by atoms with Crippen LogP contribution in [0.15, 0.2) is 0 Å². The second-order valence-electron chi connectivity index (χ2n) is 7.85. The lowest BCUT2D eigenvalue weighted by Crippen LogP contribution is -2.47. The molecule has 2 fully saturated rings. The van der Waals surface area contributed by atoms with Gasteiger partial charge < -0.3 is 10.2 Å². The highest BCUT2D eigenvalue weighted by Crippen LogP contribution is 2.51. The summed E-state index contributed by atoms with van der Waals surface area (Å²) in [6.45, 7) is 6.46. The zero-order valence-corrected chi connectivity index (χ0v) is 13.8. The van der Waals surface area contributed by atoms with Gasteiger partial charge in [-0.05, 0) is 37.0 Å². The van der Waals surface area contributed by atoms with Gasteiger partial charge in [0.15, 0.2) is 9.84 Å². The summed E-state index contributed by atoms with van der Waals surface area (Å²) < 4.78 is 23.5. The van der Waals surface area contributed by atoms with Crippen molar-refractivity contribution in [3.63, 3.8) is 0 Å². The van der Waals surface area contributed by atoms with E-state index in [2.05, 4.69) is 20.8 Å². The molecule has 0 bridgehead atoms. The fourth-order valence-corrected chi connectivity index (χ4v) is 6.08. The maximum absolute atomic E-state index is 11.9. The summed E-state index contributed by atoms with van der Waals surface area (Å²) >= 11 is 0. The molecule has 0 aromatic rings. The minimum Gasteiger partial charge on any atom is -0.481 e. The monoisotopic (exact) mass is 318 g/mol. The molecular formula is C15H26O5S.